The summed E-state index contributed by atoms with van der Waals surface area (Å²) < 4.78 is 52.9. The Morgan fingerprint density at radius 1 is 0.897 bits per heavy atom. The highest BCUT2D eigenvalue weighted by Gasteiger charge is 2.46. The molecule has 1 aliphatic heterocycles. The van der Waals surface area contributed by atoms with Crippen LogP contribution < -0.4 is 4.90 Å². The minimum Gasteiger partial charge on any atom is -0.289 e. The van der Waals surface area contributed by atoms with Crippen molar-refractivity contribution in [3.8, 4) is 11.1 Å². The predicted molar refractivity (Wildman–Crippen MR) is 107 cm³/mol. The van der Waals surface area contributed by atoms with Crippen LogP contribution >= 0.6 is 0 Å². The van der Waals surface area contributed by atoms with E-state index >= 15 is 0 Å². The third-order valence-corrected chi connectivity index (χ3v) is 6.79. The van der Waals surface area contributed by atoms with Crippen molar-refractivity contribution >= 4 is 21.4 Å². The van der Waals surface area contributed by atoms with Crippen molar-refractivity contribution in [3.05, 3.63) is 89.5 Å². The van der Waals surface area contributed by atoms with Crippen LogP contribution in [-0.4, -0.2) is 20.1 Å². The predicted octanol–water partition coefficient (Wildman–Crippen LogP) is 4.40. The number of carbonyl (C=O) groups is 1. The molecule has 0 bridgehead atoms. The van der Waals surface area contributed by atoms with E-state index in [1.165, 1.54) is 29.2 Å². The van der Waals surface area contributed by atoms with E-state index in [1.807, 2.05) is 6.92 Å². The lowest BCUT2D eigenvalue weighted by molar-refractivity contribution is -0.115. The number of hydrogen-bond acceptors (Lipinski definition) is 3. The van der Waals surface area contributed by atoms with Crippen LogP contribution in [0, 0.1) is 18.6 Å². The van der Waals surface area contributed by atoms with E-state index in [2.05, 4.69) is 0 Å². The molecule has 0 aliphatic carbocycles. The van der Waals surface area contributed by atoms with Gasteiger partial charge in [0, 0.05) is 5.56 Å². The topological polar surface area (TPSA) is 54.5 Å². The van der Waals surface area contributed by atoms with Crippen molar-refractivity contribution in [2.24, 2.45) is 0 Å². The fraction of sp³-hybridized carbons (Fsp3) is 0.136. The van der Waals surface area contributed by atoms with E-state index in [1.54, 1.807) is 30.3 Å². The van der Waals surface area contributed by atoms with Gasteiger partial charge in [-0.05, 0) is 53.9 Å². The quantitative estimate of drug-likeness (QED) is 0.640. The van der Waals surface area contributed by atoms with E-state index < -0.39 is 38.5 Å². The molecule has 3 aromatic carbocycles. The van der Waals surface area contributed by atoms with Crippen LogP contribution in [0.4, 0.5) is 14.5 Å². The van der Waals surface area contributed by atoms with E-state index in [4.69, 9.17) is 0 Å². The molecule has 3 aromatic rings. The zero-order valence-corrected chi connectivity index (χ0v) is 16.3. The standard InChI is InChI=1S/C22H17F2NO3S/c1-14-6-9-17(24)12-19(14)18-4-2-3-5-20(18)25-21(26)13-29(27,28)22(25)15-7-10-16(23)11-8-15/h2-12,22H,13H2,1H3. The van der Waals surface area contributed by atoms with Gasteiger partial charge in [-0.3, -0.25) is 9.69 Å². The van der Waals surface area contributed by atoms with E-state index in [0.29, 0.717) is 22.4 Å². The van der Waals surface area contributed by atoms with Crippen LogP contribution in [0.15, 0.2) is 66.7 Å². The lowest BCUT2D eigenvalue weighted by Gasteiger charge is -2.26. The summed E-state index contributed by atoms with van der Waals surface area (Å²) >= 11 is 0. The number of halogens is 2. The second-order valence-electron chi connectivity index (χ2n) is 6.95. The molecule has 0 aromatic heterocycles. The molecule has 1 amide bonds. The maximum Gasteiger partial charge on any atom is 0.243 e. The molecular weight excluding hydrogens is 396 g/mol. The van der Waals surface area contributed by atoms with Crippen molar-refractivity contribution in [1.82, 2.24) is 0 Å². The maximum atomic E-state index is 13.9. The number of anilines is 1. The van der Waals surface area contributed by atoms with Crippen molar-refractivity contribution in [2.45, 2.75) is 12.3 Å². The molecule has 1 fully saturated rings. The molecule has 0 N–H and O–H groups in total. The average Bonchev–Trinajstić information content (AvgIpc) is 2.92. The number of rotatable bonds is 3. The molecule has 1 unspecified atom stereocenters. The van der Waals surface area contributed by atoms with Crippen LogP contribution in [0.3, 0.4) is 0 Å². The molecule has 1 aliphatic rings. The Morgan fingerprint density at radius 2 is 1.55 bits per heavy atom. The van der Waals surface area contributed by atoms with Crippen LogP contribution in [-0.2, 0) is 14.6 Å². The number of aryl methyl sites for hydroxylation is 1. The number of hydrogen-bond donors (Lipinski definition) is 0. The smallest absolute Gasteiger partial charge is 0.243 e. The van der Waals surface area contributed by atoms with E-state index in [9.17, 15) is 22.0 Å². The second kappa shape index (κ2) is 7.08. The zero-order valence-electron chi connectivity index (χ0n) is 15.5. The van der Waals surface area contributed by atoms with Crippen molar-refractivity contribution in [1.29, 1.82) is 0 Å². The minimum atomic E-state index is -3.84. The Bertz CT molecular complexity index is 1210. The lowest BCUT2D eigenvalue weighted by atomic mass is 9.98. The summed E-state index contributed by atoms with van der Waals surface area (Å²) in [4.78, 5) is 14.0. The van der Waals surface area contributed by atoms with Gasteiger partial charge >= 0.3 is 0 Å². The van der Waals surface area contributed by atoms with E-state index in [0.717, 1.165) is 17.7 Å². The number of nitrogens with zero attached hydrogens (tertiary/aromatic N) is 1. The molecule has 1 atom stereocenters. The summed E-state index contributed by atoms with van der Waals surface area (Å²) in [5.41, 5.74) is 2.55. The monoisotopic (exact) mass is 413 g/mol. The lowest BCUT2D eigenvalue weighted by Crippen LogP contribution is -2.29. The van der Waals surface area contributed by atoms with Crippen molar-refractivity contribution in [3.63, 3.8) is 0 Å². The van der Waals surface area contributed by atoms with Crippen LogP contribution in [0.5, 0.6) is 0 Å². The summed E-state index contributed by atoms with van der Waals surface area (Å²) in [5, 5.41) is -1.27. The number of carbonyl (C=O) groups excluding carboxylic acids is 1. The molecule has 148 valence electrons. The normalized spacial score (nSPS) is 18.2. The van der Waals surface area contributed by atoms with Gasteiger partial charge in [0.25, 0.3) is 0 Å². The van der Waals surface area contributed by atoms with Gasteiger partial charge in [-0.15, -0.1) is 0 Å². The van der Waals surface area contributed by atoms with Crippen molar-refractivity contribution < 1.29 is 22.0 Å². The van der Waals surface area contributed by atoms with Crippen LogP contribution in [0.2, 0.25) is 0 Å². The highest BCUT2D eigenvalue weighted by atomic mass is 32.2. The fourth-order valence-electron chi connectivity index (χ4n) is 3.65. The third-order valence-electron chi connectivity index (χ3n) is 4.98. The molecular formula is C22H17F2NO3S. The average molecular weight is 413 g/mol. The highest BCUT2D eigenvalue weighted by molar-refractivity contribution is 7.93. The van der Waals surface area contributed by atoms with Crippen molar-refractivity contribution in [2.75, 3.05) is 10.7 Å². The first-order valence-electron chi connectivity index (χ1n) is 8.92. The van der Waals surface area contributed by atoms with Gasteiger partial charge in [-0.1, -0.05) is 36.4 Å². The summed E-state index contributed by atoms with van der Waals surface area (Å²) in [6.45, 7) is 1.81. The van der Waals surface area contributed by atoms with Gasteiger partial charge in [0.15, 0.2) is 15.2 Å². The highest BCUT2D eigenvalue weighted by Crippen LogP contribution is 2.42. The minimum absolute atomic E-state index is 0.294. The largest absolute Gasteiger partial charge is 0.289 e. The summed E-state index contributed by atoms with van der Waals surface area (Å²) in [7, 11) is -3.84. The van der Waals surface area contributed by atoms with Gasteiger partial charge < -0.3 is 0 Å². The molecule has 0 radical (unpaired) electrons. The molecule has 4 nitrogen and oxygen atoms in total. The van der Waals surface area contributed by atoms with Gasteiger partial charge in [-0.25, -0.2) is 17.2 Å². The van der Waals surface area contributed by atoms with Gasteiger partial charge in [0.2, 0.25) is 5.91 Å². The fourth-order valence-corrected chi connectivity index (χ4v) is 5.42. The Morgan fingerprint density at radius 3 is 2.28 bits per heavy atom. The van der Waals surface area contributed by atoms with Crippen LogP contribution in [0.1, 0.15) is 16.5 Å². The number of sulfone groups is 1. The summed E-state index contributed by atoms with van der Waals surface area (Å²) in [5.74, 6) is -2.17. The van der Waals surface area contributed by atoms with Crippen LogP contribution in [0.25, 0.3) is 11.1 Å². The first kappa shape index (κ1) is 19.3. The SMILES string of the molecule is Cc1ccc(F)cc1-c1ccccc1N1C(=O)CS(=O)(=O)C1c1ccc(F)cc1. The third kappa shape index (κ3) is 3.42. The maximum absolute atomic E-state index is 13.9. The summed E-state index contributed by atoms with van der Waals surface area (Å²) in [6, 6.07) is 16.2. The first-order chi connectivity index (χ1) is 13.8. The molecule has 1 heterocycles. The zero-order chi connectivity index (χ0) is 20.8. The molecule has 0 spiro atoms. The van der Waals surface area contributed by atoms with Gasteiger partial charge in [0.1, 0.15) is 17.4 Å². The first-order valence-corrected chi connectivity index (χ1v) is 10.6. The molecule has 1 saturated heterocycles. The van der Waals surface area contributed by atoms with Gasteiger partial charge in [0.05, 0.1) is 5.69 Å². The Balaban J connectivity index is 1.92. The van der Waals surface area contributed by atoms with Gasteiger partial charge in [-0.2, -0.15) is 0 Å². The van der Waals surface area contributed by atoms with E-state index in [-0.39, 0.29) is 0 Å². The Labute approximate surface area is 167 Å². The number of para-hydroxylation sites is 1. The molecule has 29 heavy (non-hydrogen) atoms. The molecule has 7 heteroatoms. The number of benzene rings is 3. The second-order valence-corrected chi connectivity index (χ2v) is 9.01. The molecule has 4 rings (SSSR count). The summed E-state index contributed by atoms with van der Waals surface area (Å²) in [6.07, 6.45) is 0. The molecule has 0 saturated carbocycles. The Hall–Kier alpha value is -3.06. The Kier molecular flexibility index (Phi) is 4.70. The number of amides is 1.